The molecule has 2 aromatic rings. The van der Waals surface area contributed by atoms with Gasteiger partial charge in [-0.15, -0.1) is 0 Å². The number of nitrogens with zero attached hydrogens (tertiary/aromatic N) is 2. The van der Waals surface area contributed by atoms with Crippen molar-refractivity contribution in [2.24, 2.45) is 0 Å². The molecule has 1 fully saturated rings. The highest BCUT2D eigenvalue weighted by Crippen LogP contribution is 2.22. The summed E-state index contributed by atoms with van der Waals surface area (Å²) in [5.74, 6) is 1.64. The summed E-state index contributed by atoms with van der Waals surface area (Å²) in [4.78, 5) is 9.22. The molecule has 0 spiro atoms. The molecular weight excluding hydrogens is 226 g/mol. The van der Waals surface area contributed by atoms with Crippen molar-refractivity contribution in [3.63, 3.8) is 0 Å². The van der Waals surface area contributed by atoms with E-state index in [0.717, 1.165) is 42.2 Å². The molecule has 1 aliphatic rings. The van der Waals surface area contributed by atoms with Gasteiger partial charge in [0.1, 0.15) is 0 Å². The zero-order valence-electron chi connectivity index (χ0n) is 10.4. The number of rotatable bonds is 3. The summed E-state index contributed by atoms with van der Waals surface area (Å²) in [6.07, 6.45) is 1.12. The average Bonchev–Trinajstić information content (AvgIpc) is 2.91. The maximum absolute atomic E-state index is 4.65. The smallest absolute Gasteiger partial charge is 0.170 e. The number of anilines is 2. The Labute approximate surface area is 106 Å². The molecular formula is C13H17N5. The van der Waals surface area contributed by atoms with E-state index in [2.05, 4.69) is 25.9 Å². The van der Waals surface area contributed by atoms with Gasteiger partial charge in [0.15, 0.2) is 11.6 Å². The van der Waals surface area contributed by atoms with Gasteiger partial charge in [-0.2, -0.15) is 0 Å². The Morgan fingerprint density at radius 1 is 1.17 bits per heavy atom. The molecule has 0 bridgehead atoms. The Kier molecular flexibility index (Phi) is 2.98. The molecule has 1 unspecified atom stereocenters. The summed E-state index contributed by atoms with van der Waals surface area (Å²) in [6, 6.07) is 8.36. The quantitative estimate of drug-likeness (QED) is 0.761. The molecule has 1 aliphatic heterocycles. The first kappa shape index (κ1) is 11.2. The van der Waals surface area contributed by atoms with Crippen molar-refractivity contribution in [2.45, 2.75) is 12.5 Å². The van der Waals surface area contributed by atoms with E-state index in [1.54, 1.807) is 0 Å². The van der Waals surface area contributed by atoms with Crippen LogP contribution in [0.25, 0.3) is 11.0 Å². The molecule has 18 heavy (non-hydrogen) atoms. The molecule has 1 saturated heterocycles. The van der Waals surface area contributed by atoms with Crippen LogP contribution in [0.15, 0.2) is 24.3 Å². The first-order valence-corrected chi connectivity index (χ1v) is 6.28. The summed E-state index contributed by atoms with van der Waals surface area (Å²) >= 11 is 0. The van der Waals surface area contributed by atoms with E-state index in [9.17, 15) is 0 Å². The number of benzene rings is 1. The van der Waals surface area contributed by atoms with Gasteiger partial charge in [0, 0.05) is 19.6 Å². The van der Waals surface area contributed by atoms with Gasteiger partial charge >= 0.3 is 0 Å². The first-order chi connectivity index (χ1) is 8.86. The molecule has 2 heterocycles. The Morgan fingerprint density at radius 2 is 1.89 bits per heavy atom. The van der Waals surface area contributed by atoms with Crippen molar-refractivity contribution in [3.05, 3.63) is 24.3 Å². The SMILES string of the molecule is CNc1nc2ccccc2nc1NC1CCNC1. The molecule has 0 amide bonds. The van der Waals surface area contributed by atoms with E-state index in [0.29, 0.717) is 6.04 Å². The van der Waals surface area contributed by atoms with Crippen molar-refractivity contribution >= 4 is 22.7 Å². The molecule has 0 saturated carbocycles. The molecule has 0 aliphatic carbocycles. The van der Waals surface area contributed by atoms with Gasteiger partial charge < -0.3 is 16.0 Å². The topological polar surface area (TPSA) is 61.9 Å². The third-order valence-corrected chi connectivity index (χ3v) is 3.21. The predicted octanol–water partition coefficient (Wildman–Crippen LogP) is 1.45. The number of aromatic nitrogens is 2. The van der Waals surface area contributed by atoms with Crippen LogP contribution in [-0.4, -0.2) is 36.1 Å². The van der Waals surface area contributed by atoms with Crippen molar-refractivity contribution < 1.29 is 0 Å². The average molecular weight is 243 g/mol. The van der Waals surface area contributed by atoms with Crippen molar-refractivity contribution in [1.29, 1.82) is 0 Å². The van der Waals surface area contributed by atoms with Crippen LogP contribution in [0.3, 0.4) is 0 Å². The standard InChI is InChI=1S/C13H17N5/c1-14-12-13(16-9-6-7-15-8-9)18-11-5-3-2-4-10(11)17-12/h2-5,9,15H,6-8H2,1H3,(H,14,17)(H,16,18). The number of hydrogen-bond donors (Lipinski definition) is 3. The second-order valence-electron chi connectivity index (χ2n) is 4.49. The number of fused-ring (bicyclic) bond motifs is 1. The molecule has 1 atom stereocenters. The van der Waals surface area contributed by atoms with Crippen molar-refractivity contribution in [2.75, 3.05) is 30.8 Å². The van der Waals surface area contributed by atoms with Crippen molar-refractivity contribution in [3.8, 4) is 0 Å². The first-order valence-electron chi connectivity index (χ1n) is 6.28. The van der Waals surface area contributed by atoms with Gasteiger partial charge in [-0.05, 0) is 25.1 Å². The highest BCUT2D eigenvalue weighted by Gasteiger charge is 2.17. The Morgan fingerprint density at radius 3 is 2.50 bits per heavy atom. The van der Waals surface area contributed by atoms with Gasteiger partial charge in [0.05, 0.1) is 11.0 Å². The maximum Gasteiger partial charge on any atom is 0.170 e. The Bertz CT molecular complexity index is 548. The third-order valence-electron chi connectivity index (χ3n) is 3.21. The zero-order valence-corrected chi connectivity index (χ0v) is 10.4. The Balaban J connectivity index is 1.97. The summed E-state index contributed by atoms with van der Waals surface area (Å²) in [7, 11) is 1.87. The van der Waals surface area contributed by atoms with E-state index in [-0.39, 0.29) is 0 Å². The fraction of sp³-hybridized carbons (Fsp3) is 0.385. The fourth-order valence-electron chi connectivity index (χ4n) is 2.25. The molecule has 0 radical (unpaired) electrons. The second kappa shape index (κ2) is 4.78. The number of nitrogens with one attached hydrogen (secondary N) is 3. The number of para-hydroxylation sites is 2. The van der Waals surface area contributed by atoms with E-state index >= 15 is 0 Å². The molecule has 3 rings (SSSR count). The van der Waals surface area contributed by atoms with Crippen LogP contribution < -0.4 is 16.0 Å². The largest absolute Gasteiger partial charge is 0.370 e. The zero-order chi connectivity index (χ0) is 12.4. The fourth-order valence-corrected chi connectivity index (χ4v) is 2.25. The molecule has 1 aromatic heterocycles. The van der Waals surface area contributed by atoms with Crippen LogP contribution in [0, 0.1) is 0 Å². The highest BCUT2D eigenvalue weighted by atomic mass is 15.1. The molecule has 5 nitrogen and oxygen atoms in total. The lowest BCUT2D eigenvalue weighted by Gasteiger charge is -2.15. The highest BCUT2D eigenvalue weighted by molar-refractivity contribution is 5.80. The van der Waals surface area contributed by atoms with Crippen LogP contribution in [0.2, 0.25) is 0 Å². The summed E-state index contributed by atoms with van der Waals surface area (Å²) in [5.41, 5.74) is 1.84. The van der Waals surface area contributed by atoms with Gasteiger partial charge in [-0.3, -0.25) is 0 Å². The normalized spacial score (nSPS) is 19.1. The van der Waals surface area contributed by atoms with Crippen LogP contribution >= 0.6 is 0 Å². The van der Waals surface area contributed by atoms with Gasteiger partial charge in [0.2, 0.25) is 0 Å². The minimum Gasteiger partial charge on any atom is -0.370 e. The van der Waals surface area contributed by atoms with Crippen LogP contribution in [0.4, 0.5) is 11.6 Å². The van der Waals surface area contributed by atoms with Gasteiger partial charge in [-0.25, -0.2) is 9.97 Å². The second-order valence-corrected chi connectivity index (χ2v) is 4.49. The predicted molar refractivity (Wildman–Crippen MR) is 74.0 cm³/mol. The summed E-state index contributed by atoms with van der Waals surface area (Å²) in [6.45, 7) is 2.05. The lowest BCUT2D eigenvalue weighted by Crippen LogP contribution is -2.23. The van der Waals surface area contributed by atoms with E-state index in [1.165, 1.54) is 0 Å². The molecule has 3 N–H and O–H groups in total. The maximum atomic E-state index is 4.65. The summed E-state index contributed by atoms with van der Waals surface area (Å²) in [5, 5.41) is 9.90. The number of hydrogen-bond acceptors (Lipinski definition) is 5. The summed E-state index contributed by atoms with van der Waals surface area (Å²) < 4.78 is 0. The minimum atomic E-state index is 0.438. The lowest BCUT2D eigenvalue weighted by molar-refractivity contribution is 0.788. The molecule has 5 heteroatoms. The van der Waals surface area contributed by atoms with E-state index in [4.69, 9.17) is 0 Å². The Hall–Kier alpha value is -1.88. The minimum absolute atomic E-state index is 0.438. The van der Waals surface area contributed by atoms with E-state index < -0.39 is 0 Å². The molecule has 1 aromatic carbocycles. The van der Waals surface area contributed by atoms with Crippen LogP contribution in [-0.2, 0) is 0 Å². The van der Waals surface area contributed by atoms with Gasteiger partial charge in [-0.1, -0.05) is 12.1 Å². The lowest BCUT2D eigenvalue weighted by atomic mass is 10.2. The molecule has 94 valence electrons. The van der Waals surface area contributed by atoms with Crippen LogP contribution in [0.5, 0.6) is 0 Å². The third kappa shape index (κ3) is 2.09. The monoisotopic (exact) mass is 243 g/mol. The van der Waals surface area contributed by atoms with Gasteiger partial charge in [0.25, 0.3) is 0 Å². The van der Waals surface area contributed by atoms with Crippen molar-refractivity contribution in [1.82, 2.24) is 15.3 Å². The van der Waals surface area contributed by atoms with Crippen LogP contribution in [0.1, 0.15) is 6.42 Å². The van der Waals surface area contributed by atoms with E-state index in [1.807, 2.05) is 31.3 Å².